The van der Waals surface area contributed by atoms with Crippen LogP contribution in [-0.4, -0.2) is 20.5 Å². The minimum absolute atomic E-state index is 0.121. The number of halogens is 1. The molecule has 39 heavy (non-hydrogen) atoms. The third-order valence-electron chi connectivity index (χ3n) is 7.02. The van der Waals surface area contributed by atoms with Crippen LogP contribution in [0.3, 0.4) is 0 Å². The van der Waals surface area contributed by atoms with E-state index in [1.165, 1.54) is 5.56 Å². The second-order valence-corrected chi connectivity index (χ2v) is 12.2. The second kappa shape index (κ2) is 10.5. The van der Waals surface area contributed by atoms with E-state index < -0.39 is 0 Å². The van der Waals surface area contributed by atoms with Gasteiger partial charge in [0.15, 0.2) is 5.78 Å². The molecule has 2 heterocycles. The molecule has 0 fully saturated rings. The number of nitrogens with one attached hydrogen (secondary N) is 1. The number of aromatic nitrogens is 3. The molecular weight excluding hydrogens is 528 g/mol. The molecule has 198 valence electrons. The number of fused-ring (bicyclic) bond motifs is 1. The number of carbonyl (C=O) groups is 1. The van der Waals surface area contributed by atoms with Crippen LogP contribution >= 0.6 is 23.4 Å². The Bertz CT molecular complexity index is 1550. The molecular formula is C31H29ClN4O2S. The molecule has 1 aromatic heterocycles. The molecule has 4 aromatic rings. The van der Waals surface area contributed by atoms with E-state index in [4.69, 9.17) is 26.4 Å². The number of allylic oxidation sites excluding steroid dienone is 2. The van der Waals surface area contributed by atoms with Gasteiger partial charge in [-0.15, -0.1) is 5.10 Å². The van der Waals surface area contributed by atoms with Crippen LogP contribution in [0.4, 0.5) is 5.95 Å². The van der Waals surface area contributed by atoms with E-state index in [0.29, 0.717) is 29.2 Å². The monoisotopic (exact) mass is 556 g/mol. The molecule has 0 radical (unpaired) electrons. The summed E-state index contributed by atoms with van der Waals surface area (Å²) in [5.74, 6) is 2.30. The normalized spacial score (nSPS) is 17.8. The minimum atomic E-state index is -0.377. The fraction of sp³-hybridized carbons (Fsp3) is 0.258. The van der Waals surface area contributed by atoms with Crippen LogP contribution in [0.1, 0.15) is 49.4 Å². The van der Waals surface area contributed by atoms with Crippen molar-refractivity contribution in [1.29, 1.82) is 0 Å². The van der Waals surface area contributed by atoms with Gasteiger partial charge in [-0.3, -0.25) is 4.79 Å². The number of ether oxygens (including phenoxy) is 1. The van der Waals surface area contributed by atoms with Crippen LogP contribution < -0.4 is 10.1 Å². The molecule has 8 heteroatoms. The molecule has 0 bridgehead atoms. The van der Waals surface area contributed by atoms with Gasteiger partial charge in [-0.2, -0.15) is 4.98 Å². The number of carbonyl (C=O) groups excluding carboxylic acids is 1. The maximum Gasteiger partial charge on any atom is 0.227 e. The summed E-state index contributed by atoms with van der Waals surface area (Å²) >= 11 is 7.61. The number of benzene rings is 3. The number of hydrogen-bond donors (Lipinski definition) is 1. The maximum absolute atomic E-state index is 13.6. The number of Topliss-reactive ketones (excluding diaryl/α,β-unsaturated/α-hetero) is 1. The lowest BCUT2D eigenvalue weighted by atomic mass is 9.73. The van der Waals surface area contributed by atoms with Crippen molar-refractivity contribution >= 4 is 35.1 Å². The summed E-state index contributed by atoms with van der Waals surface area (Å²) in [6.07, 6.45) is 1.27. The van der Waals surface area contributed by atoms with E-state index in [9.17, 15) is 4.79 Å². The maximum atomic E-state index is 13.6. The molecule has 0 saturated carbocycles. The van der Waals surface area contributed by atoms with Crippen molar-refractivity contribution in [1.82, 2.24) is 14.8 Å². The molecule has 1 atom stereocenters. The highest BCUT2D eigenvalue weighted by Gasteiger charge is 2.42. The summed E-state index contributed by atoms with van der Waals surface area (Å²) in [6.45, 7) is 4.69. The first kappa shape index (κ1) is 25.7. The second-order valence-electron chi connectivity index (χ2n) is 10.8. The van der Waals surface area contributed by atoms with Crippen molar-refractivity contribution in [3.63, 3.8) is 0 Å². The van der Waals surface area contributed by atoms with Gasteiger partial charge in [0, 0.05) is 28.5 Å². The van der Waals surface area contributed by atoms with Crippen molar-refractivity contribution < 1.29 is 9.53 Å². The van der Waals surface area contributed by atoms with Crippen LogP contribution in [0.15, 0.2) is 95.3 Å². The minimum Gasteiger partial charge on any atom is -0.489 e. The summed E-state index contributed by atoms with van der Waals surface area (Å²) in [6, 6.07) is 25.5. The zero-order chi connectivity index (χ0) is 27.0. The van der Waals surface area contributed by atoms with E-state index >= 15 is 0 Å². The Kier molecular flexibility index (Phi) is 6.95. The zero-order valence-electron chi connectivity index (χ0n) is 21.9. The van der Waals surface area contributed by atoms with Gasteiger partial charge in [-0.25, -0.2) is 4.68 Å². The van der Waals surface area contributed by atoms with E-state index in [1.807, 2.05) is 71.4 Å². The van der Waals surface area contributed by atoms with Gasteiger partial charge < -0.3 is 10.1 Å². The predicted octanol–water partition coefficient (Wildman–Crippen LogP) is 7.46. The topological polar surface area (TPSA) is 69.0 Å². The van der Waals surface area contributed by atoms with Crippen LogP contribution in [0.25, 0.3) is 0 Å². The molecule has 0 saturated heterocycles. The molecule has 0 amide bonds. The number of hydrogen-bond acceptors (Lipinski definition) is 6. The standard InChI is InChI=1S/C31H29ClN4O2S/c1-31(2)16-25-27(26(37)17-31)28(22-9-6-10-24(15-22)38-18-20-11-13-23(32)14-12-20)36-29(33-25)34-30(35-36)39-19-21-7-4-3-5-8-21/h3-15,28H,16-19H2,1-2H3,(H,33,34,35). The van der Waals surface area contributed by atoms with E-state index in [1.54, 1.807) is 11.8 Å². The molecule has 1 aliphatic heterocycles. The van der Waals surface area contributed by atoms with Crippen molar-refractivity contribution in [3.8, 4) is 5.75 Å². The summed E-state index contributed by atoms with van der Waals surface area (Å²) < 4.78 is 7.99. The highest BCUT2D eigenvalue weighted by Crippen LogP contribution is 2.46. The van der Waals surface area contributed by atoms with Crippen LogP contribution in [-0.2, 0) is 17.2 Å². The Balaban J connectivity index is 1.33. The van der Waals surface area contributed by atoms with E-state index in [-0.39, 0.29) is 17.2 Å². The summed E-state index contributed by atoms with van der Waals surface area (Å²) in [4.78, 5) is 18.4. The molecule has 1 N–H and O–H groups in total. The summed E-state index contributed by atoms with van der Waals surface area (Å²) in [5, 5.41) is 9.71. The van der Waals surface area contributed by atoms with Gasteiger partial charge in [0.1, 0.15) is 18.4 Å². The fourth-order valence-electron chi connectivity index (χ4n) is 5.20. The Hall–Kier alpha value is -3.55. The van der Waals surface area contributed by atoms with Gasteiger partial charge in [0.2, 0.25) is 11.1 Å². The number of nitrogens with zero attached hydrogens (tertiary/aromatic N) is 3. The van der Waals surface area contributed by atoms with Crippen molar-refractivity contribution in [2.45, 2.75) is 50.2 Å². The number of rotatable bonds is 7. The van der Waals surface area contributed by atoms with Crippen molar-refractivity contribution in [3.05, 3.63) is 112 Å². The average molecular weight is 557 g/mol. The smallest absolute Gasteiger partial charge is 0.227 e. The number of ketones is 1. The molecule has 3 aromatic carbocycles. The molecule has 0 spiro atoms. The summed E-state index contributed by atoms with van der Waals surface area (Å²) in [5.41, 5.74) is 4.76. The fourth-order valence-corrected chi connectivity index (χ4v) is 6.11. The van der Waals surface area contributed by atoms with Gasteiger partial charge in [0.25, 0.3) is 0 Å². The molecule has 1 unspecified atom stereocenters. The van der Waals surface area contributed by atoms with Crippen molar-refractivity contribution in [2.75, 3.05) is 5.32 Å². The highest BCUT2D eigenvalue weighted by molar-refractivity contribution is 7.98. The average Bonchev–Trinajstić information content (AvgIpc) is 3.33. The van der Waals surface area contributed by atoms with Crippen LogP contribution in [0.5, 0.6) is 5.75 Å². The van der Waals surface area contributed by atoms with E-state index in [0.717, 1.165) is 40.3 Å². The Labute approximate surface area is 237 Å². The molecule has 1 aliphatic carbocycles. The Morgan fingerprint density at radius 3 is 2.62 bits per heavy atom. The van der Waals surface area contributed by atoms with E-state index in [2.05, 4.69) is 31.3 Å². The van der Waals surface area contributed by atoms with Gasteiger partial charge in [0.05, 0.1) is 0 Å². The van der Waals surface area contributed by atoms with Gasteiger partial charge >= 0.3 is 0 Å². The SMILES string of the molecule is CC1(C)CC(=O)C2=C(C1)Nc1nc(SCc3ccccc3)nn1C2c1cccc(OCc2ccc(Cl)cc2)c1. The number of anilines is 1. The molecule has 6 nitrogen and oxygen atoms in total. The van der Waals surface area contributed by atoms with Crippen LogP contribution in [0, 0.1) is 5.41 Å². The first-order chi connectivity index (χ1) is 18.8. The first-order valence-corrected chi connectivity index (χ1v) is 14.3. The largest absolute Gasteiger partial charge is 0.489 e. The lowest BCUT2D eigenvalue weighted by molar-refractivity contribution is -0.118. The van der Waals surface area contributed by atoms with Gasteiger partial charge in [-0.05, 0) is 52.8 Å². The molecule has 2 aliphatic rings. The lowest BCUT2D eigenvalue weighted by Gasteiger charge is -2.38. The Morgan fingerprint density at radius 1 is 1.03 bits per heavy atom. The lowest BCUT2D eigenvalue weighted by Crippen LogP contribution is -2.36. The first-order valence-electron chi connectivity index (χ1n) is 13.0. The quantitative estimate of drug-likeness (QED) is 0.238. The predicted molar refractivity (Wildman–Crippen MR) is 155 cm³/mol. The zero-order valence-corrected chi connectivity index (χ0v) is 23.4. The van der Waals surface area contributed by atoms with Crippen molar-refractivity contribution in [2.24, 2.45) is 5.41 Å². The third-order valence-corrected chi connectivity index (χ3v) is 8.18. The number of thioether (sulfide) groups is 1. The van der Waals surface area contributed by atoms with Crippen LogP contribution in [0.2, 0.25) is 5.02 Å². The van der Waals surface area contributed by atoms with Gasteiger partial charge in [-0.1, -0.05) is 91.8 Å². The Morgan fingerprint density at radius 2 is 1.82 bits per heavy atom. The summed E-state index contributed by atoms with van der Waals surface area (Å²) in [7, 11) is 0. The highest BCUT2D eigenvalue weighted by atomic mass is 35.5. The molecule has 6 rings (SSSR count). The third kappa shape index (κ3) is 5.60.